The van der Waals surface area contributed by atoms with E-state index in [1.165, 1.54) is 12.8 Å². The Morgan fingerprint density at radius 3 is 2.35 bits per heavy atom. The molecule has 0 N–H and O–H groups in total. The first-order chi connectivity index (χ1) is 7.74. The third-order valence-electron chi connectivity index (χ3n) is 5.01. The molecule has 0 aromatic heterocycles. The van der Waals surface area contributed by atoms with E-state index in [0.29, 0.717) is 12.0 Å². The first-order valence-electron chi connectivity index (χ1n) is 6.82. The molecule has 0 radical (unpaired) electrons. The summed E-state index contributed by atoms with van der Waals surface area (Å²) in [4.78, 5) is 0. The van der Waals surface area contributed by atoms with E-state index < -0.39 is 8.32 Å². The Kier molecular flexibility index (Phi) is 3.16. The number of rotatable bonds is 2. The van der Waals surface area contributed by atoms with Crippen molar-refractivity contribution in [1.82, 2.24) is 0 Å². The van der Waals surface area contributed by atoms with Gasteiger partial charge in [-0.15, -0.1) is 0 Å². The van der Waals surface area contributed by atoms with Crippen LogP contribution in [-0.4, -0.2) is 14.4 Å². The van der Waals surface area contributed by atoms with Crippen LogP contribution in [0.25, 0.3) is 0 Å². The summed E-state index contributed by atoms with van der Waals surface area (Å²) in [5, 5.41) is 9.44. The maximum atomic E-state index is 9.17. The van der Waals surface area contributed by atoms with Crippen LogP contribution in [0.4, 0.5) is 0 Å². The number of nitriles is 1. The fraction of sp³-hybridized carbons (Fsp3) is 0.929. The van der Waals surface area contributed by atoms with Gasteiger partial charge in [-0.2, -0.15) is 5.26 Å². The largest absolute Gasteiger partial charge is 0.414 e. The second-order valence-electron chi connectivity index (χ2n) is 7.37. The van der Waals surface area contributed by atoms with Crippen LogP contribution in [0, 0.1) is 29.1 Å². The summed E-state index contributed by atoms with van der Waals surface area (Å²) in [6.45, 7) is 11.5. The van der Waals surface area contributed by atoms with Crippen molar-refractivity contribution >= 4 is 8.32 Å². The molecule has 2 aliphatic carbocycles. The predicted octanol–water partition coefficient (Wildman–Crippen LogP) is 3.95. The normalized spacial score (nSPS) is 37.2. The van der Waals surface area contributed by atoms with Gasteiger partial charge in [0, 0.05) is 6.10 Å². The molecular formula is C14H25NOSi. The predicted molar refractivity (Wildman–Crippen MR) is 72.0 cm³/mol. The minimum absolute atomic E-state index is 0.267. The van der Waals surface area contributed by atoms with Crippen molar-refractivity contribution in [2.24, 2.45) is 17.8 Å². The molecule has 0 bridgehead atoms. The van der Waals surface area contributed by atoms with Crippen molar-refractivity contribution in [2.45, 2.75) is 64.3 Å². The lowest BCUT2D eigenvalue weighted by Crippen LogP contribution is -2.45. The Bertz CT molecular complexity index is 339. The van der Waals surface area contributed by atoms with E-state index >= 15 is 0 Å². The molecule has 2 saturated carbocycles. The van der Waals surface area contributed by atoms with Gasteiger partial charge in [0.2, 0.25) is 0 Å². The Labute approximate surface area is 106 Å². The maximum absolute atomic E-state index is 9.17. The van der Waals surface area contributed by atoms with Gasteiger partial charge in [-0.1, -0.05) is 20.8 Å². The Hall–Kier alpha value is -0.333. The monoisotopic (exact) mass is 251 g/mol. The number of nitrogens with zero attached hydrogens (tertiary/aromatic N) is 1. The molecule has 0 aromatic carbocycles. The van der Waals surface area contributed by atoms with Crippen LogP contribution in [0.2, 0.25) is 18.1 Å². The topological polar surface area (TPSA) is 33.0 Å². The molecular weight excluding hydrogens is 226 g/mol. The standard InChI is InChI=1S/C14H25NOSi/c1-14(2,3)17(4,5)16-12-6-10-8-13(10)11(7-12)9-15/h10-13H,6-8H2,1-5H3/t10-,11+,12?,13+/m1/s1. The average Bonchev–Trinajstić information content (AvgIpc) is 2.92. The van der Waals surface area contributed by atoms with Crippen molar-refractivity contribution in [3.05, 3.63) is 0 Å². The van der Waals surface area contributed by atoms with Gasteiger partial charge in [0.05, 0.1) is 12.0 Å². The molecule has 0 amide bonds. The lowest BCUT2D eigenvalue weighted by molar-refractivity contribution is 0.117. The van der Waals surface area contributed by atoms with E-state index in [2.05, 4.69) is 39.9 Å². The second kappa shape index (κ2) is 4.10. The third-order valence-corrected chi connectivity index (χ3v) is 9.54. The number of hydrogen-bond acceptors (Lipinski definition) is 2. The molecule has 0 aromatic rings. The van der Waals surface area contributed by atoms with Gasteiger partial charge in [0.25, 0.3) is 0 Å². The average molecular weight is 251 g/mol. The van der Waals surface area contributed by atoms with Gasteiger partial charge in [-0.05, 0) is 49.2 Å². The molecule has 1 unspecified atom stereocenters. The third kappa shape index (κ3) is 2.58. The zero-order valence-electron chi connectivity index (χ0n) is 11.8. The molecule has 0 saturated heterocycles. The summed E-state index contributed by atoms with van der Waals surface area (Å²) in [5.41, 5.74) is 0. The molecule has 2 fully saturated rings. The molecule has 17 heavy (non-hydrogen) atoms. The molecule has 96 valence electrons. The minimum Gasteiger partial charge on any atom is -0.414 e. The quantitative estimate of drug-likeness (QED) is 0.696. The van der Waals surface area contributed by atoms with E-state index in [9.17, 15) is 0 Å². The van der Waals surface area contributed by atoms with Crippen LogP contribution in [0.15, 0.2) is 0 Å². The molecule has 2 aliphatic rings. The van der Waals surface area contributed by atoms with Crippen molar-refractivity contribution in [3.8, 4) is 6.07 Å². The fourth-order valence-corrected chi connectivity index (χ4v) is 4.14. The maximum Gasteiger partial charge on any atom is 0.192 e. The first kappa shape index (κ1) is 13.1. The van der Waals surface area contributed by atoms with Crippen LogP contribution in [0.1, 0.15) is 40.0 Å². The second-order valence-corrected chi connectivity index (χ2v) is 12.1. The Morgan fingerprint density at radius 1 is 1.18 bits per heavy atom. The van der Waals surface area contributed by atoms with Crippen LogP contribution >= 0.6 is 0 Å². The summed E-state index contributed by atoms with van der Waals surface area (Å²) in [7, 11) is -1.66. The molecule has 0 heterocycles. The lowest BCUT2D eigenvalue weighted by atomic mass is 9.88. The van der Waals surface area contributed by atoms with E-state index in [1.807, 2.05) is 0 Å². The van der Waals surface area contributed by atoms with Gasteiger partial charge < -0.3 is 4.43 Å². The van der Waals surface area contributed by atoms with E-state index in [4.69, 9.17) is 9.69 Å². The SMILES string of the molecule is CC(C)(C)[Si](C)(C)OC1C[C@@H]2C[C@@H]2[C@H](C#N)C1. The van der Waals surface area contributed by atoms with Crippen molar-refractivity contribution < 1.29 is 4.43 Å². The molecule has 2 nitrogen and oxygen atoms in total. The molecule has 0 aliphatic heterocycles. The van der Waals surface area contributed by atoms with Crippen molar-refractivity contribution in [3.63, 3.8) is 0 Å². The summed E-state index contributed by atoms with van der Waals surface area (Å²) in [6, 6.07) is 2.49. The smallest absolute Gasteiger partial charge is 0.192 e. The van der Waals surface area contributed by atoms with Crippen LogP contribution in [-0.2, 0) is 4.43 Å². The fourth-order valence-electron chi connectivity index (χ4n) is 2.76. The van der Waals surface area contributed by atoms with Gasteiger partial charge in [-0.25, -0.2) is 0 Å². The highest BCUT2D eigenvalue weighted by Crippen LogP contribution is 2.54. The van der Waals surface area contributed by atoms with E-state index in [-0.39, 0.29) is 11.0 Å². The summed E-state index contributed by atoms with van der Waals surface area (Å²) < 4.78 is 6.46. The van der Waals surface area contributed by atoms with Crippen molar-refractivity contribution in [2.75, 3.05) is 0 Å². The van der Waals surface area contributed by atoms with Crippen LogP contribution < -0.4 is 0 Å². The Balaban J connectivity index is 1.98. The van der Waals surface area contributed by atoms with Crippen molar-refractivity contribution in [1.29, 1.82) is 5.26 Å². The summed E-state index contributed by atoms with van der Waals surface area (Å²) >= 11 is 0. The van der Waals surface area contributed by atoms with E-state index in [1.54, 1.807) is 0 Å². The van der Waals surface area contributed by atoms with Crippen LogP contribution in [0.3, 0.4) is 0 Å². The first-order valence-corrected chi connectivity index (χ1v) is 9.73. The van der Waals surface area contributed by atoms with Crippen LogP contribution in [0.5, 0.6) is 0 Å². The highest BCUT2D eigenvalue weighted by molar-refractivity contribution is 6.74. The highest BCUT2D eigenvalue weighted by Gasteiger charge is 2.50. The molecule has 4 atom stereocenters. The zero-order valence-corrected chi connectivity index (χ0v) is 12.8. The summed E-state index contributed by atoms with van der Waals surface area (Å²) in [5.74, 6) is 1.77. The van der Waals surface area contributed by atoms with Gasteiger partial charge >= 0.3 is 0 Å². The molecule has 0 spiro atoms. The Morgan fingerprint density at radius 2 is 1.82 bits per heavy atom. The van der Waals surface area contributed by atoms with Gasteiger partial charge in [0.1, 0.15) is 0 Å². The zero-order chi connectivity index (χ0) is 12.8. The lowest BCUT2D eigenvalue weighted by Gasteiger charge is -2.40. The molecule has 2 rings (SSSR count). The summed E-state index contributed by atoms with van der Waals surface area (Å²) in [6.07, 6.45) is 3.80. The highest BCUT2D eigenvalue weighted by atomic mass is 28.4. The van der Waals surface area contributed by atoms with Gasteiger partial charge in [0.15, 0.2) is 8.32 Å². The van der Waals surface area contributed by atoms with E-state index in [0.717, 1.165) is 12.3 Å². The minimum atomic E-state index is -1.66. The molecule has 3 heteroatoms. The number of hydrogen-bond donors (Lipinski definition) is 0. The number of fused-ring (bicyclic) bond motifs is 1. The van der Waals surface area contributed by atoms with Gasteiger partial charge in [-0.3, -0.25) is 0 Å².